The second-order valence-corrected chi connectivity index (χ2v) is 5.66. The zero-order valence-electron chi connectivity index (χ0n) is 10.4. The number of aryl methyl sites for hydroxylation is 1. The van der Waals surface area contributed by atoms with Gasteiger partial charge in [-0.05, 0) is 37.0 Å². The zero-order valence-corrected chi connectivity index (χ0v) is 11.2. The maximum absolute atomic E-state index is 12.5. The highest BCUT2D eigenvalue weighted by Crippen LogP contribution is 2.30. The molecule has 0 spiro atoms. The lowest BCUT2D eigenvalue weighted by molar-refractivity contribution is 0.0737. The van der Waals surface area contributed by atoms with E-state index in [9.17, 15) is 4.79 Å². The Hall–Kier alpha value is -1.06. The fourth-order valence-electron chi connectivity index (χ4n) is 3.05. The third kappa shape index (κ3) is 1.91. The Kier molecular flexibility index (Phi) is 3.04. The summed E-state index contributed by atoms with van der Waals surface area (Å²) in [5, 5.41) is 3.92. The van der Waals surface area contributed by atoms with Crippen molar-refractivity contribution in [1.82, 2.24) is 10.2 Å². The third-order valence-corrected chi connectivity index (χ3v) is 4.37. The Labute approximate surface area is 112 Å². The van der Waals surface area contributed by atoms with E-state index >= 15 is 0 Å². The van der Waals surface area contributed by atoms with Crippen molar-refractivity contribution in [2.75, 3.05) is 19.6 Å². The van der Waals surface area contributed by atoms with Gasteiger partial charge in [0.25, 0.3) is 5.91 Å². The Balaban J connectivity index is 1.86. The lowest BCUT2D eigenvalue weighted by Crippen LogP contribution is -2.39. The van der Waals surface area contributed by atoms with Crippen LogP contribution in [0, 0.1) is 12.8 Å². The molecule has 2 aliphatic rings. The molecule has 0 radical (unpaired) electrons. The predicted octanol–water partition coefficient (Wildman–Crippen LogP) is 2.08. The van der Waals surface area contributed by atoms with Crippen molar-refractivity contribution in [2.45, 2.75) is 19.4 Å². The molecule has 2 atom stereocenters. The van der Waals surface area contributed by atoms with Gasteiger partial charge in [0.2, 0.25) is 0 Å². The van der Waals surface area contributed by atoms with Crippen LogP contribution in [-0.4, -0.2) is 36.5 Å². The van der Waals surface area contributed by atoms with Crippen molar-refractivity contribution in [3.05, 3.63) is 34.3 Å². The van der Waals surface area contributed by atoms with Gasteiger partial charge in [0.05, 0.1) is 10.6 Å². The minimum absolute atomic E-state index is 0.0798. The minimum atomic E-state index is 0.0798. The van der Waals surface area contributed by atoms with Crippen LogP contribution in [0.2, 0.25) is 5.02 Å². The van der Waals surface area contributed by atoms with E-state index in [1.54, 1.807) is 0 Å². The van der Waals surface area contributed by atoms with Gasteiger partial charge in [0.15, 0.2) is 0 Å². The summed E-state index contributed by atoms with van der Waals surface area (Å²) >= 11 is 6.18. The van der Waals surface area contributed by atoms with Gasteiger partial charge in [0.1, 0.15) is 0 Å². The van der Waals surface area contributed by atoms with E-state index in [1.807, 2.05) is 30.0 Å². The Morgan fingerprint density at radius 3 is 3.06 bits per heavy atom. The van der Waals surface area contributed by atoms with Crippen molar-refractivity contribution < 1.29 is 4.79 Å². The number of nitrogens with zero attached hydrogens (tertiary/aromatic N) is 1. The lowest BCUT2D eigenvalue weighted by Gasteiger charge is -2.24. The van der Waals surface area contributed by atoms with E-state index in [-0.39, 0.29) is 5.91 Å². The number of rotatable bonds is 1. The molecule has 0 aromatic heterocycles. The van der Waals surface area contributed by atoms with Gasteiger partial charge in [-0.1, -0.05) is 17.7 Å². The summed E-state index contributed by atoms with van der Waals surface area (Å²) in [4.78, 5) is 14.5. The molecule has 3 nitrogen and oxygen atoms in total. The largest absolute Gasteiger partial charge is 0.334 e. The second kappa shape index (κ2) is 4.56. The van der Waals surface area contributed by atoms with Crippen molar-refractivity contribution in [2.24, 2.45) is 5.92 Å². The fraction of sp³-hybridized carbons (Fsp3) is 0.500. The number of halogens is 1. The normalized spacial score (nSPS) is 26.4. The van der Waals surface area contributed by atoms with Crippen LogP contribution in [0.5, 0.6) is 0 Å². The number of benzene rings is 1. The van der Waals surface area contributed by atoms with E-state index in [1.165, 1.54) is 0 Å². The highest BCUT2D eigenvalue weighted by atomic mass is 35.5. The van der Waals surface area contributed by atoms with E-state index in [4.69, 9.17) is 11.6 Å². The Morgan fingerprint density at radius 1 is 1.44 bits per heavy atom. The van der Waals surface area contributed by atoms with Gasteiger partial charge in [-0.25, -0.2) is 0 Å². The van der Waals surface area contributed by atoms with E-state index < -0.39 is 0 Å². The standard InChI is InChI=1S/C14H17ClN2O/c1-9-2-3-11(12(15)6-9)14(18)17-5-4-10-7-16-8-13(10)17/h2-3,6,10,13,16H,4-5,7-8H2,1H3/t10-,13+/m0/s1. The maximum Gasteiger partial charge on any atom is 0.255 e. The van der Waals surface area contributed by atoms with Crippen LogP contribution in [0.4, 0.5) is 0 Å². The van der Waals surface area contributed by atoms with E-state index in [0.717, 1.165) is 31.6 Å². The highest BCUT2D eigenvalue weighted by molar-refractivity contribution is 6.33. The molecule has 3 rings (SSSR count). The van der Waals surface area contributed by atoms with E-state index in [0.29, 0.717) is 22.5 Å². The van der Waals surface area contributed by atoms with Gasteiger partial charge >= 0.3 is 0 Å². The quantitative estimate of drug-likeness (QED) is 0.842. The molecular weight excluding hydrogens is 248 g/mol. The summed E-state index contributed by atoms with van der Waals surface area (Å²) in [5.41, 5.74) is 1.72. The first kappa shape index (κ1) is 12.0. The van der Waals surface area contributed by atoms with Crippen molar-refractivity contribution in [3.63, 3.8) is 0 Å². The van der Waals surface area contributed by atoms with Crippen LogP contribution < -0.4 is 5.32 Å². The minimum Gasteiger partial charge on any atom is -0.334 e. The molecule has 1 amide bonds. The van der Waals surface area contributed by atoms with Crippen molar-refractivity contribution in [1.29, 1.82) is 0 Å². The summed E-state index contributed by atoms with van der Waals surface area (Å²) in [6.07, 6.45) is 1.10. The first-order chi connectivity index (χ1) is 8.66. The summed E-state index contributed by atoms with van der Waals surface area (Å²) in [6, 6.07) is 6.00. The molecule has 96 valence electrons. The van der Waals surface area contributed by atoms with Gasteiger partial charge in [-0.15, -0.1) is 0 Å². The topological polar surface area (TPSA) is 32.3 Å². The number of carbonyl (C=O) groups is 1. The van der Waals surface area contributed by atoms with Gasteiger partial charge in [-0.2, -0.15) is 0 Å². The van der Waals surface area contributed by atoms with E-state index in [2.05, 4.69) is 5.32 Å². The van der Waals surface area contributed by atoms with Crippen molar-refractivity contribution >= 4 is 17.5 Å². The predicted molar refractivity (Wildman–Crippen MR) is 72.0 cm³/mol. The first-order valence-corrected chi connectivity index (χ1v) is 6.82. The average molecular weight is 265 g/mol. The molecule has 2 saturated heterocycles. The Morgan fingerprint density at radius 2 is 2.28 bits per heavy atom. The molecule has 0 unspecified atom stereocenters. The molecule has 2 fully saturated rings. The molecule has 2 heterocycles. The highest BCUT2D eigenvalue weighted by Gasteiger charge is 2.40. The number of hydrogen-bond acceptors (Lipinski definition) is 2. The molecule has 18 heavy (non-hydrogen) atoms. The second-order valence-electron chi connectivity index (χ2n) is 5.26. The SMILES string of the molecule is Cc1ccc(C(=O)N2CC[C@H]3CNC[C@H]32)c(Cl)c1. The smallest absolute Gasteiger partial charge is 0.255 e. The molecule has 0 aliphatic carbocycles. The molecule has 0 saturated carbocycles. The number of fused-ring (bicyclic) bond motifs is 1. The monoisotopic (exact) mass is 264 g/mol. The summed E-state index contributed by atoms with van der Waals surface area (Å²) in [5.74, 6) is 0.703. The molecular formula is C14H17ClN2O. The van der Waals surface area contributed by atoms with Crippen molar-refractivity contribution in [3.8, 4) is 0 Å². The Bertz CT molecular complexity index is 489. The molecule has 4 heteroatoms. The van der Waals surface area contributed by atoms with Crippen LogP contribution in [0.3, 0.4) is 0 Å². The summed E-state index contributed by atoms with van der Waals surface area (Å²) in [6.45, 7) is 4.79. The van der Waals surface area contributed by atoms with Gasteiger partial charge < -0.3 is 10.2 Å². The summed E-state index contributed by atoms with van der Waals surface area (Å²) in [7, 11) is 0. The van der Waals surface area contributed by atoms with Crippen LogP contribution in [0.25, 0.3) is 0 Å². The molecule has 0 bridgehead atoms. The zero-order chi connectivity index (χ0) is 12.7. The summed E-state index contributed by atoms with van der Waals surface area (Å²) < 4.78 is 0. The first-order valence-electron chi connectivity index (χ1n) is 6.44. The fourth-order valence-corrected chi connectivity index (χ4v) is 3.37. The van der Waals surface area contributed by atoms with Gasteiger partial charge in [0, 0.05) is 25.7 Å². The van der Waals surface area contributed by atoms with Crippen LogP contribution in [0.15, 0.2) is 18.2 Å². The molecule has 2 aliphatic heterocycles. The number of hydrogen-bond donors (Lipinski definition) is 1. The number of likely N-dealkylation sites (tertiary alicyclic amines) is 1. The molecule has 1 aromatic rings. The van der Waals surface area contributed by atoms with Crippen LogP contribution in [-0.2, 0) is 0 Å². The van der Waals surface area contributed by atoms with Gasteiger partial charge in [-0.3, -0.25) is 4.79 Å². The number of amides is 1. The molecule has 1 aromatic carbocycles. The third-order valence-electron chi connectivity index (χ3n) is 4.06. The average Bonchev–Trinajstić information content (AvgIpc) is 2.89. The van der Waals surface area contributed by atoms with Crippen LogP contribution in [0.1, 0.15) is 22.3 Å². The molecule has 1 N–H and O–H groups in total. The lowest BCUT2D eigenvalue weighted by atomic mass is 10.0. The number of nitrogens with one attached hydrogen (secondary N) is 1. The maximum atomic E-state index is 12.5. The van der Waals surface area contributed by atoms with Crippen LogP contribution >= 0.6 is 11.6 Å². The number of carbonyl (C=O) groups excluding carboxylic acids is 1.